The number of hydrazone groups is 1. The predicted octanol–water partition coefficient (Wildman–Crippen LogP) is 1.49. The van der Waals surface area contributed by atoms with Crippen molar-refractivity contribution in [3.05, 3.63) is 29.8 Å². The highest BCUT2D eigenvalue weighted by Gasteiger charge is 2.04. The van der Waals surface area contributed by atoms with E-state index in [4.69, 9.17) is 0 Å². The molecule has 21 heavy (non-hydrogen) atoms. The molecular formula is C13H20N4O3S. The fraction of sp³-hybridized carbons (Fsp3) is 0.385. The predicted molar refractivity (Wildman–Crippen MR) is 83.9 cm³/mol. The molecule has 1 aromatic carbocycles. The second kappa shape index (κ2) is 7.07. The average Bonchev–Trinajstić information content (AvgIpc) is 2.34. The molecule has 2 amide bonds. The zero-order valence-corrected chi connectivity index (χ0v) is 13.3. The van der Waals surface area contributed by atoms with Crippen LogP contribution in [0.5, 0.6) is 0 Å². The summed E-state index contributed by atoms with van der Waals surface area (Å²) in [6, 6.07) is 6.34. The van der Waals surface area contributed by atoms with E-state index in [9.17, 15) is 13.2 Å². The minimum Gasteiger partial charge on any atom is -0.335 e. The van der Waals surface area contributed by atoms with Crippen LogP contribution in [-0.4, -0.2) is 32.5 Å². The third-order valence-corrected chi connectivity index (χ3v) is 2.96. The van der Waals surface area contributed by atoms with E-state index in [1.165, 1.54) is 0 Å². The number of amides is 2. The van der Waals surface area contributed by atoms with Gasteiger partial charge in [-0.15, -0.1) is 0 Å². The standard InChI is InChI=1S/C13H20N4O3S/c1-9(2)14-13(18)16-15-10(3)11-5-7-12(8-6-11)17-21(4,19)20/h5-9,17H,1-4H3,(H2,14,16,18). The van der Waals surface area contributed by atoms with Gasteiger partial charge in [0, 0.05) is 11.7 Å². The fourth-order valence-corrected chi connectivity index (χ4v) is 2.05. The van der Waals surface area contributed by atoms with Crippen LogP contribution in [0.2, 0.25) is 0 Å². The number of sulfonamides is 1. The van der Waals surface area contributed by atoms with Gasteiger partial charge in [-0.3, -0.25) is 4.72 Å². The lowest BCUT2D eigenvalue weighted by Gasteiger charge is -2.08. The summed E-state index contributed by atoms with van der Waals surface area (Å²) in [4.78, 5) is 11.4. The van der Waals surface area contributed by atoms with Crippen LogP contribution < -0.4 is 15.5 Å². The summed E-state index contributed by atoms with van der Waals surface area (Å²) in [5.74, 6) is 0. The molecule has 1 rings (SSSR count). The summed E-state index contributed by atoms with van der Waals surface area (Å²) in [7, 11) is -3.29. The summed E-state index contributed by atoms with van der Waals surface area (Å²) in [5.41, 5.74) is 4.25. The summed E-state index contributed by atoms with van der Waals surface area (Å²) < 4.78 is 24.6. The van der Waals surface area contributed by atoms with Crippen molar-refractivity contribution in [2.75, 3.05) is 11.0 Å². The van der Waals surface area contributed by atoms with Gasteiger partial charge in [-0.05, 0) is 38.5 Å². The zero-order valence-electron chi connectivity index (χ0n) is 12.5. The van der Waals surface area contributed by atoms with E-state index in [2.05, 4.69) is 20.6 Å². The monoisotopic (exact) mass is 312 g/mol. The van der Waals surface area contributed by atoms with Crippen LogP contribution in [0.4, 0.5) is 10.5 Å². The number of carbonyl (C=O) groups excluding carboxylic acids is 1. The van der Waals surface area contributed by atoms with Crippen LogP contribution in [-0.2, 0) is 10.0 Å². The van der Waals surface area contributed by atoms with E-state index in [-0.39, 0.29) is 12.1 Å². The second-order valence-electron chi connectivity index (χ2n) is 4.89. The van der Waals surface area contributed by atoms with Crippen LogP contribution in [0.1, 0.15) is 26.3 Å². The van der Waals surface area contributed by atoms with E-state index in [1.54, 1.807) is 31.2 Å². The minimum atomic E-state index is -3.29. The molecule has 0 saturated heterocycles. The molecule has 0 atom stereocenters. The van der Waals surface area contributed by atoms with Gasteiger partial charge in [-0.1, -0.05) is 12.1 Å². The summed E-state index contributed by atoms with van der Waals surface area (Å²) >= 11 is 0. The van der Waals surface area contributed by atoms with Gasteiger partial charge in [0.15, 0.2) is 0 Å². The number of urea groups is 1. The molecule has 0 spiro atoms. The highest BCUT2D eigenvalue weighted by molar-refractivity contribution is 7.92. The van der Waals surface area contributed by atoms with Crippen molar-refractivity contribution in [2.24, 2.45) is 5.10 Å². The minimum absolute atomic E-state index is 0.0295. The zero-order chi connectivity index (χ0) is 16.0. The summed E-state index contributed by atoms with van der Waals surface area (Å²) in [5, 5.41) is 6.62. The second-order valence-corrected chi connectivity index (χ2v) is 6.64. The first kappa shape index (κ1) is 17.0. The van der Waals surface area contributed by atoms with Gasteiger partial charge in [0.25, 0.3) is 0 Å². The highest BCUT2D eigenvalue weighted by Crippen LogP contribution is 2.11. The number of rotatable bonds is 5. The molecule has 8 heteroatoms. The third-order valence-electron chi connectivity index (χ3n) is 2.35. The Kier molecular flexibility index (Phi) is 5.71. The largest absolute Gasteiger partial charge is 0.335 e. The molecule has 3 N–H and O–H groups in total. The topological polar surface area (TPSA) is 99.7 Å². The van der Waals surface area contributed by atoms with Crippen molar-refractivity contribution in [3.8, 4) is 0 Å². The molecular weight excluding hydrogens is 292 g/mol. The number of benzene rings is 1. The molecule has 0 fully saturated rings. The number of hydrogen-bond donors (Lipinski definition) is 3. The van der Waals surface area contributed by atoms with Gasteiger partial charge in [0.05, 0.1) is 12.0 Å². The molecule has 7 nitrogen and oxygen atoms in total. The van der Waals surface area contributed by atoms with Crippen molar-refractivity contribution in [1.82, 2.24) is 10.7 Å². The van der Waals surface area contributed by atoms with Gasteiger partial charge in [-0.25, -0.2) is 18.6 Å². The first-order chi connectivity index (χ1) is 9.67. The molecule has 0 saturated carbocycles. The van der Waals surface area contributed by atoms with E-state index in [0.717, 1.165) is 11.8 Å². The van der Waals surface area contributed by atoms with E-state index in [1.807, 2.05) is 13.8 Å². The van der Waals surface area contributed by atoms with E-state index < -0.39 is 10.0 Å². The van der Waals surface area contributed by atoms with Gasteiger partial charge < -0.3 is 5.32 Å². The van der Waals surface area contributed by atoms with E-state index >= 15 is 0 Å². The number of carbonyl (C=O) groups is 1. The first-order valence-corrected chi connectivity index (χ1v) is 8.25. The molecule has 0 bridgehead atoms. The number of nitrogens with one attached hydrogen (secondary N) is 3. The smallest absolute Gasteiger partial charge is 0.335 e. The van der Waals surface area contributed by atoms with Crippen LogP contribution in [0.15, 0.2) is 29.4 Å². The molecule has 116 valence electrons. The third kappa shape index (κ3) is 6.75. The maximum atomic E-state index is 11.4. The van der Waals surface area contributed by atoms with Gasteiger partial charge in [-0.2, -0.15) is 5.10 Å². The molecule has 0 heterocycles. The fourth-order valence-electron chi connectivity index (χ4n) is 1.49. The first-order valence-electron chi connectivity index (χ1n) is 6.36. The van der Waals surface area contributed by atoms with Crippen LogP contribution in [0.25, 0.3) is 0 Å². The lowest BCUT2D eigenvalue weighted by molar-refractivity contribution is 0.239. The molecule has 0 unspecified atom stereocenters. The van der Waals surface area contributed by atoms with Crippen molar-refractivity contribution < 1.29 is 13.2 Å². The Bertz CT molecular complexity index is 621. The van der Waals surface area contributed by atoms with Crippen LogP contribution in [0, 0.1) is 0 Å². The summed E-state index contributed by atoms with van der Waals surface area (Å²) in [6.07, 6.45) is 1.09. The van der Waals surface area contributed by atoms with Crippen molar-refractivity contribution in [3.63, 3.8) is 0 Å². The van der Waals surface area contributed by atoms with Crippen LogP contribution in [0.3, 0.4) is 0 Å². The average molecular weight is 312 g/mol. The quantitative estimate of drug-likeness (QED) is 0.567. The molecule has 0 aliphatic carbocycles. The lowest BCUT2D eigenvalue weighted by atomic mass is 10.1. The number of nitrogens with zero attached hydrogens (tertiary/aromatic N) is 1. The Balaban J connectivity index is 2.70. The molecule has 0 aromatic heterocycles. The number of anilines is 1. The Labute approximate surface area is 124 Å². The molecule has 1 aromatic rings. The Hall–Kier alpha value is -2.09. The molecule has 0 radical (unpaired) electrons. The SMILES string of the molecule is CC(=NNC(=O)NC(C)C)c1ccc(NS(C)(=O)=O)cc1. The van der Waals surface area contributed by atoms with Crippen molar-refractivity contribution in [1.29, 1.82) is 0 Å². The Morgan fingerprint density at radius 2 is 1.76 bits per heavy atom. The van der Waals surface area contributed by atoms with Gasteiger partial charge in [0.1, 0.15) is 0 Å². The van der Waals surface area contributed by atoms with Crippen molar-refractivity contribution in [2.45, 2.75) is 26.8 Å². The summed E-state index contributed by atoms with van der Waals surface area (Å²) in [6.45, 7) is 5.45. The van der Waals surface area contributed by atoms with E-state index in [0.29, 0.717) is 11.4 Å². The van der Waals surface area contributed by atoms with Crippen molar-refractivity contribution >= 4 is 27.5 Å². The molecule has 0 aliphatic heterocycles. The van der Waals surface area contributed by atoms with Gasteiger partial charge >= 0.3 is 6.03 Å². The normalized spacial score (nSPS) is 12.1. The Morgan fingerprint density at radius 3 is 2.24 bits per heavy atom. The highest BCUT2D eigenvalue weighted by atomic mass is 32.2. The Morgan fingerprint density at radius 1 is 1.19 bits per heavy atom. The molecule has 0 aliphatic rings. The van der Waals surface area contributed by atoms with Crippen LogP contribution >= 0.6 is 0 Å². The lowest BCUT2D eigenvalue weighted by Crippen LogP contribution is -2.37. The number of hydrogen-bond acceptors (Lipinski definition) is 4. The van der Waals surface area contributed by atoms with Gasteiger partial charge in [0.2, 0.25) is 10.0 Å². The maximum Gasteiger partial charge on any atom is 0.335 e. The maximum absolute atomic E-state index is 11.4.